The first-order chi connectivity index (χ1) is 15.0. The minimum atomic E-state index is -0.797. The van der Waals surface area contributed by atoms with Crippen LogP contribution in [0.3, 0.4) is 0 Å². The second-order valence-corrected chi connectivity index (χ2v) is 8.60. The van der Waals surface area contributed by atoms with Gasteiger partial charge in [0.1, 0.15) is 17.4 Å². The molecule has 1 unspecified atom stereocenters. The third-order valence-corrected chi connectivity index (χ3v) is 6.39. The highest BCUT2D eigenvalue weighted by Crippen LogP contribution is 2.22. The zero-order valence-electron chi connectivity index (χ0n) is 16.6. The fourth-order valence-corrected chi connectivity index (χ4v) is 4.35. The minimum absolute atomic E-state index is 0.198. The number of nitrogens with zero attached hydrogens (tertiary/aromatic N) is 4. The normalized spacial score (nSPS) is 11.9. The van der Waals surface area contributed by atoms with Gasteiger partial charge >= 0.3 is 0 Å². The molecule has 1 amide bonds. The van der Waals surface area contributed by atoms with Crippen LogP contribution < -0.4 is 16.4 Å². The number of hydrogen-bond acceptors (Lipinski definition) is 7. The molecule has 0 bridgehead atoms. The zero-order chi connectivity index (χ0) is 21.8. The molecule has 0 radical (unpaired) electrons. The van der Waals surface area contributed by atoms with E-state index in [0.717, 1.165) is 9.75 Å². The van der Waals surface area contributed by atoms with Gasteiger partial charge in [-0.1, -0.05) is 12.1 Å². The Morgan fingerprint density at radius 3 is 2.16 bits per heavy atom. The lowest BCUT2D eigenvalue weighted by Crippen LogP contribution is -2.39. The summed E-state index contributed by atoms with van der Waals surface area (Å²) in [5.41, 5.74) is 0.736. The molecule has 10 heteroatoms. The molecule has 8 nitrogen and oxygen atoms in total. The summed E-state index contributed by atoms with van der Waals surface area (Å²) in [6.07, 6.45) is 0. The molecule has 4 aromatic heterocycles. The molecule has 0 aliphatic heterocycles. The van der Waals surface area contributed by atoms with Crippen molar-refractivity contribution in [1.29, 1.82) is 0 Å². The second kappa shape index (κ2) is 9.19. The number of hydrogen-bond donors (Lipinski definition) is 1. The molecule has 0 spiro atoms. The average Bonchev–Trinajstić information content (AvgIpc) is 3.49. The van der Waals surface area contributed by atoms with Gasteiger partial charge in [0.25, 0.3) is 11.1 Å². The lowest BCUT2D eigenvalue weighted by Gasteiger charge is -2.15. The zero-order valence-corrected chi connectivity index (χ0v) is 18.2. The van der Waals surface area contributed by atoms with Crippen LogP contribution in [0.15, 0.2) is 68.9 Å². The summed E-state index contributed by atoms with van der Waals surface area (Å²) in [5, 5.41) is 15.3. The third-order valence-electron chi connectivity index (χ3n) is 4.61. The van der Waals surface area contributed by atoms with E-state index in [1.165, 1.54) is 44.2 Å². The molecule has 0 aromatic carbocycles. The van der Waals surface area contributed by atoms with Crippen molar-refractivity contribution in [3.63, 3.8) is 0 Å². The Labute approximate surface area is 185 Å². The largest absolute Gasteiger partial charge is 0.352 e. The van der Waals surface area contributed by atoms with Gasteiger partial charge in [-0.25, -0.2) is 9.36 Å². The Bertz CT molecular complexity index is 1290. The van der Waals surface area contributed by atoms with Gasteiger partial charge in [-0.3, -0.25) is 14.4 Å². The van der Waals surface area contributed by atoms with E-state index in [1.807, 2.05) is 35.0 Å². The van der Waals surface area contributed by atoms with Crippen molar-refractivity contribution in [2.75, 3.05) is 6.54 Å². The van der Waals surface area contributed by atoms with Gasteiger partial charge in [0.15, 0.2) is 0 Å². The highest BCUT2D eigenvalue weighted by atomic mass is 32.1. The number of carbonyl (C=O) groups excluding carboxylic acids is 1. The van der Waals surface area contributed by atoms with Crippen LogP contribution in [0.1, 0.15) is 13.0 Å². The monoisotopic (exact) mass is 453 g/mol. The quantitative estimate of drug-likeness (QED) is 0.464. The summed E-state index contributed by atoms with van der Waals surface area (Å²) in [4.78, 5) is 38.8. The SMILES string of the molecule is CC(C(=O)NCCn1nc(-c2cccs2)ccc1=O)n1nc(-c2cccs2)ccc1=O. The number of rotatable bonds is 7. The highest BCUT2D eigenvalue weighted by Gasteiger charge is 2.18. The summed E-state index contributed by atoms with van der Waals surface area (Å²) in [5.74, 6) is -0.361. The third kappa shape index (κ3) is 4.70. The van der Waals surface area contributed by atoms with Crippen LogP contribution in [0, 0.1) is 0 Å². The van der Waals surface area contributed by atoms with E-state index in [2.05, 4.69) is 15.5 Å². The first-order valence-electron chi connectivity index (χ1n) is 9.56. The van der Waals surface area contributed by atoms with E-state index in [0.29, 0.717) is 11.4 Å². The van der Waals surface area contributed by atoms with Crippen LogP contribution in [0.25, 0.3) is 21.1 Å². The van der Waals surface area contributed by atoms with Gasteiger partial charge in [0.05, 0.1) is 16.3 Å². The van der Waals surface area contributed by atoms with E-state index < -0.39 is 6.04 Å². The van der Waals surface area contributed by atoms with Crippen LogP contribution in [-0.2, 0) is 11.3 Å². The summed E-state index contributed by atoms with van der Waals surface area (Å²) < 4.78 is 2.49. The van der Waals surface area contributed by atoms with Crippen LogP contribution >= 0.6 is 22.7 Å². The molecule has 0 saturated heterocycles. The molecular weight excluding hydrogens is 434 g/mol. The highest BCUT2D eigenvalue weighted by molar-refractivity contribution is 7.13. The van der Waals surface area contributed by atoms with Crippen molar-refractivity contribution in [2.45, 2.75) is 19.5 Å². The Balaban J connectivity index is 1.43. The fraction of sp³-hybridized carbons (Fsp3) is 0.190. The molecule has 1 atom stereocenters. The predicted octanol–water partition coefficient (Wildman–Crippen LogP) is 2.63. The predicted molar refractivity (Wildman–Crippen MR) is 121 cm³/mol. The van der Waals surface area contributed by atoms with Crippen molar-refractivity contribution in [3.05, 3.63) is 80.0 Å². The first-order valence-corrected chi connectivity index (χ1v) is 11.3. The maximum atomic E-state index is 12.6. The Kier molecular flexibility index (Phi) is 6.19. The topological polar surface area (TPSA) is 98.9 Å². The standard InChI is InChI=1S/C21H19N5O3S2/c1-14(26-20(28)9-7-16(24-26)18-5-3-13-31-18)21(29)22-10-11-25-19(27)8-6-15(23-25)17-4-2-12-30-17/h2-9,12-14H,10-11H2,1H3,(H,22,29). The summed E-state index contributed by atoms with van der Waals surface area (Å²) in [6, 6.07) is 13.1. The summed E-state index contributed by atoms with van der Waals surface area (Å²) >= 11 is 3.04. The fourth-order valence-electron chi connectivity index (χ4n) is 2.97. The van der Waals surface area contributed by atoms with Gasteiger partial charge in [0.2, 0.25) is 5.91 Å². The Morgan fingerprint density at radius 2 is 1.55 bits per heavy atom. The number of thiophene rings is 2. The number of carbonyl (C=O) groups is 1. The van der Waals surface area contributed by atoms with Crippen LogP contribution in [0.4, 0.5) is 0 Å². The molecule has 158 valence electrons. The number of amides is 1. The van der Waals surface area contributed by atoms with Gasteiger partial charge < -0.3 is 5.32 Å². The smallest absolute Gasteiger partial charge is 0.267 e. The molecule has 31 heavy (non-hydrogen) atoms. The lowest BCUT2D eigenvalue weighted by atomic mass is 10.3. The van der Waals surface area contributed by atoms with Crippen molar-refractivity contribution < 1.29 is 4.79 Å². The summed E-state index contributed by atoms with van der Waals surface area (Å²) in [7, 11) is 0. The van der Waals surface area contributed by atoms with Gasteiger partial charge in [-0.2, -0.15) is 10.2 Å². The molecule has 4 rings (SSSR count). The molecule has 0 fully saturated rings. The van der Waals surface area contributed by atoms with Gasteiger partial charge in [0, 0.05) is 18.7 Å². The number of nitrogens with one attached hydrogen (secondary N) is 1. The Morgan fingerprint density at radius 1 is 0.935 bits per heavy atom. The van der Waals surface area contributed by atoms with E-state index >= 15 is 0 Å². The van der Waals surface area contributed by atoms with Crippen molar-refractivity contribution >= 4 is 28.6 Å². The first kappa shape index (κ1) is 20.9. The van der Waals surface area contributed by atoms with Crippen LogP contribution in [-0.4, -0.2) is 32.0 Å². The molecule has 0 saturated carbocycles. The molecule has 1 N–H and O–H groups in total. The van der Waals surface area contributed by atoms with Crippen molar-refractivity contribution in [2.24, 2.45) is 0 Å². The lowest BCUT2D eigenvalue weighted by molar-refractivity contribution is -0.124. The maximum Gasteiger partial charge on any atom is 0.267 e. The summed E-state index contributed by atoms with van der Waals surface area (Å²) in [6.45, 7) is 2.03. The van der Waals surface area contributed by atoms with E-state index in [9.17, 15) is 14.4 Å². The van der Waals surface area contributed by atoms with E-state index in [1.54, 1.807) is 19.1 Å². The molecule has 4 aromatic rings. The molecule has 0 aliphatic carbocycles. The Hall–Kier alpha value is -3.37. The maximum absolute atomic E-state index is 12.6. The molecular formula is C21H19N5O3S2. The average molecular weight is 454 g/mol. The number of aromatic nitrogens is 4. The molecule has 0 aliphatic rings. The van der Waals surface area contributed by atoms with Crippen LogP contribution in [0.5, 0.6) is 0 Å². The van der Waals surface area contributed by atoms with Gasteiger partial charge in [-0.05, 0) is 41.9 Å². The van der Waals surface area contributed by atoms with Gasteiger partial charge in [-0.15, -0.1) is 22.7 Å². The van der Waals surface area contributed by atoms with Crippen molar-refractivity contribution in [1.82, 2.24) is 24.9 Å². The van der Waals surface area contributed by atoms with Crippen LogP contribution in [0.2, 0.25) is 0 Å². The molecule has 4 heterocycles. The van der Waals surface area contributed by atoms with E-state index in [-0.39, 0.29) is 30.1 Å². The minimum Gasteiger partial charge on any atom is -0.352 e. The van der Waals surface area contributed by atoms with Crippen molar-refractivity contribution in [3.8, 4) is 21.1 Å². The second-order valence-electron chi connectivity index (χ2n) is 6.70. The van der Waals surface area contributed by atoms with E-state index in [4.69, 9.17) is 0 Å².